The predicted molar refractivity (Wildman–Crippen MR) is 127 cm³/mol. The van der Waals surface area contributed by atoms with Crippen molar-refractivity contribution in [2.45, 2.75) is 0 Å². The van der Waals surface area contributed by atoms with Crippen LogP contribution in [0.25, 0.3) is 32.9 Å². The molecule has 0 bridgehead atoms. The highest BCUT2D eigenvalue weighted by Crippen LogP contribution is 2.33. The van der Waals surface area contributed by atoms with Gasteiger partial charge in [-0.25, -0.2) is 4.98 Å². The van der Waals surface area contributed by atoms with Crippen LogP contribution >= 0.6 is 22.9 Å². The molecule has 0 aliphatic carbocycles. The molecule has 3 aromatic carbocycles. The molecule has 8 heteroatoms. The van der Waals surface area contributed by atoms with Crippen molar-refractivity contribution in [1.29, 1.82) is 0 Å². The summed E-state index contributed by atoms with van der Waals surface area (Å²) in [4.78, 5) is 17.5. The second kappa shape index (κ2) is 8.45. The molecule has 5 rings (SSSR count). The number of carbonyl (C=O) groups is 1. The number of nitrogens with one attached hydrogen (secondary N) is 1. The Labute approximate surface area is 192 Å². The largest absolute Gasteiger partial charge is 0.497 e. The summed E-state index contributed by atoms with van der Waals surface area (Å²) < 4.78 is 10.7. The van der Waals surface area contributed by atoms with Crippen LogP contribution in [-0.4, -0.2) is 23.2 Å². The van der Waals surface area contributed by atoms with E-state index in [1.165, 1.54) is 11.3 Å². The summed E-state index contributed by atoms with van der Waals surface area (Å²) in [5, 5.41) is 11.1. The molecule has 0 saturated heterocycles. The average molecular weight is 462 g/mol. The molecule has 2 aromatic heterocycles. The van der Waals surface area contributed by atoms with E-state index in [4.69, 9.17) is 25.8 Å². The van der Waals surface area contributed by atoms with Crippen LogP contribution in [-0.2, 0) is 0 Å². The minimum absolute atomic E-state index is 0.251. The molecule has 0 unspecified atom stereocenters. The first-order valence-corrected chi connectivity index (χ1v) is 10.9. The zero-order chi connectivity index (χ0) is 22.1. The number of methoxy groups -OCH3 is 1. The van der Waals surface area contributed by atoms with E-state index >= 15 is 0 Å². The van der Waals surface area contributed by atoms with Gasteiger partial charge in [-0.3, -0.25) is 4.79 Å². The summed E-state index contributed by atoms with van der Waals surface area (Å²) in [5.41, 5.74) is 3.94. The summed E-state index contributed by atoms with van der Waals surface area (Å²) >= 11 is 7.51. The minimum Gasteiger partial charge on any atom is -0.497 e. The monoisotopic (exact) mass is 461 g/mol. The van der Waals surface area contributed by atoms with Gasteiger partial charge in [-0.2, -0.15) is 0 Å². The number of aromatic nitrogens is 2. The summed E-state index contributed by atoms with van der Waals surface area (Å²) in [6.45, 7) is 0. The number of halogens is 1. The summed E-state index contributed by atoms with van der Waals surface area (Å²) in [6, 6.07) is 19.9. The number of nitrogens with zero attached hydrogens (tertiary/aromatic N) is 2. The van der Waals surface area contributed by atoms with Crippen molar-refractivity contribution < 1.29 is 14.1 Å². The van der Waals surface area contributed by atoms with E-state index in [0.29, 0.717) is 33.2 Å². The molecule has 0 aliphatic rings. The molecule has 1 N–H and O–H groups in total. The highest BCUT2D eigenvalue weighted by molar-refractivity contribution is 7.13. The third-order valence-corrected chi connectivity index (χ3v) is 6.02. The number of hydrogen-bond acceptors (Lipinski definition) is 6. The van der Waals surface area contributed by atoms with E-state index in [9.17, 15) is 4.79 Å². The molecule has 0 fully saturated rings. The molecule has 5 aromatic rings. The first kappa shape index (κ1) is 20.2. The maximum absolute atomic E-state index is 12.8. The number of ether oxygens (including phenoxy) is 1. The lowest BCUT2D eigenvalue weighted by atomic mass is 10.1. The average Bonchev–Trinajstić information content (AvgIpc) is 3.46. The summed E-state index contributed by atoms with van der Waals surface area (Å²) in [7, 11) is 1.63. The van der Waals surface area contributed by atoms with Crippen LogP contribution in [0.15, 0.2) is 76.6 Å². The van der Waals surface area contributed by atoms with Gasteiger partial charge in [0.25, 0.3) is 5.91 Å². The van der Waals surface area contributed by atoms with E-state index in [1.807, 2.05) is 29.6 Å². The van der Waals surface area contributed by atoms with Crippen LogP contribution in [0.5, 0.6) is 5.75 Å². The Hall–Kier alpha value is -3.68. The third-order valence-electron chi connectivity index (χ3n) is 4.90. The Kier molecular flexibility index (Phi) is 5.34. The molecule has 0 atom stereocenters. The first-order valence-electron chi connectivity index (χ1n) is 9.67. The molecule has 0 aliphatic heterocycles. The van der Waals surface area contributed by atoms with E-state index < -0.39 is 0 Å². The van der Waals surface area contributed by atoms with Gasteiger partial charge in [-0.1, -0.05) is 22.8 Å². The second-order valence-corrected chi connectivity index (χ2v) is 8.27. The number of carbonyl (C=O) groups excluding carboxylic acids is 1. The quantitative estimate of drug-likeness (QED) is 0.322. The Morgan fingerprint density at radius 1 is 1.09 bits per heavy atom. The van der Waals surface area contributed by atoms with Crippen LogP contribution in [0, 0.1) is 0 Å². The molecule has 2 heterocycles. The fraction of sp³-hybridized carbons (Fsp3) is 0.0417. The van der Waals surface area contributed by atoms with Crippen molar-refractivity contribution in [2.24, 2.45) is 0 Å². The highest BCUT2D eigenvalue weighted by atomic mass is 35.5. The number of anilines is 1. The lowest BCUT2D eigenvalue weighted by Gasteiger charge is -2.05. The van der Waals surface area contributed by atoms with Gasteiger partial charge in [0, 0.05) is 27.2 Å². The van der Waals surface area contributed by atoms with Crippen LogP contribution in [0.4, 0.5) is 5.69 Å². The first-order chi connectivity index (χ1) is 15.6. The minimum atomic E-state index is -0.251. The maximum Gasteiger partial charge on any atom is 0.255 e. The van der Waals surface area contributed by atoms with Gasteiger partial charge < -0.3 is 14.6 Å². The highest BCUT2D eigenvalue weighted by Gasteiger charge is 2.17. The Balaban J connectivity index is 1.45. The summed E-state index contributed by atoms with van der Waals surface area (Å²) in [6.07, 6.45) is 0. The van der Waals surface area contributed by atoms with Gasteiger partial charge in [0.15, 0.2) is 5.58 Å². The molecule has 32 heavy (non-hydrogen) atoms. The van der Waals surface area contributed by atoms with Crippen molar-refractivity contribution in [2.75, 3.05) is 12.4 Å². The molecular formula is C24H16ClN3O3S. The maximum atomic E-state index is 12.8. The van der Waals surface area contributed by atoms with E-state index in [1.54, 1.807) is 49.6 Å². The summed E-state index contributed by atoms with van der Waals surface area (Å²) in [5.74, 6) is 0.537. The van der Waals surface area contributed by atoms with Crippen LogP contribution in [0.1, 0.15) is 10.4 Å². The molecular weight excluding hydrogens is 446 g/mol. The SMILES string of the molecule is COc1ccc(-c2nc(-c3noc4ccc(C(=O)Nc5cccc(Cl)c5)cc34)cs2)cc1. The van der Waals surface area contributed by atoms with Gasteiger partial charge in [-0.15, -0.1) is 11.3 Å². The number of fused-ring (bicyclic) bond motifs is 1. The van der Waals surface area contributed by atoms with Crippen molar-refractivity contribution in [1.82, 2.24) is 10.1 Å². The fourth-order valence-electron chi connectivity index (χ4n) is 3.28. The molecule has 0 saturated carbocycles. The topological polar surface area (TPSA) is 77.2 Å². The van der Waals surface area contributed by atoms with E-state index in [0.717, 1.165) is 21.7 Å². The van der Waals surface area contributed by atoms with Gasteiger partial charge in [-0.05, 0) is 60.7 Å². The van der Waals surface area contributed by atoms with E-state index in [2.05, 4.69) is 10.5 Å². The standard InChI is InChI=1S/C24H16ClN3O3S/c1-30-18-8-5-14(6-9-18)24-27-20(13-32-24)22-19-11-15(7-10-21(19)31-28-22)23(29)26-17-4-2-3-16(25)12-17/h2-13H,1H3,(H,26,29). The van der Waals surface area contributed by atoms with Gasteiger partial charge >= 0.3 is 0 Å². The van der Waals surface area contributed by atoms with Crippen molar-refractivity contribution in [3.8, 4) is 27.7 Å². The smallest absolute Gasteiger partial charge is 0.255 e. The lowest BCUT2D eigenvalue weighted by molar-refractivity contribution is 0.102. The normalized spacial score (nSPS) is 10.9. The van der Waals surface area contributed by atoms with Crippen molar-refractivity contribution in [3.05, 3.63) is 82.7 Å². The molecule has 0 spiro atoms. The fourth-order valence-corrected chi connectivity index (χ4v) is 4.28. The van der Waals surface area contributed by atoms with Crippen LogP contribution in [0.3, 0.4) is 0 Å². The van der Waals surface area contributed by atoms with Crippen molar-refractivity contribution >= 4 is 45.5 Å². The molecule has 1 amide bonds. The zero-order valence-electron chi connectivity index (χ0n) is 16.8. The Morgan fingerprint density at radius 2 is 1.94 bits per heavy atom. The Morgan fingerprint density at radius 3 is 2.72 bits per heavy atom. The number of thiazole rings is 1. The number of rotatable bonds is 5. The van der Waals surface area contributed by atoms with Gasteiger partial charge in [0.05, 0.1) is 12.5 Å². The van der Waals surface area contributed by atoms with Crippen LogP contribution < -0.4 is 10.1 Å². The van der Waals surface area contributed by atoms with Gasteiger partial charge in [0.2, 0.25) is 0 Å². The van der Waals surface area contributed by atoms with Crippen molar-refractivity contribution in [3.63, 3.8) is 0 Å². The van der Waals surface area contributed by atoms with Crippen LogP contribution in [0.2, 0.25) is 5.02 Å². The number of amides is 1. The zero-order valence-corrected chi connectivity index (χ0v) is 18.4. The second-order valence-electron chi connectivity index (χ2n) is 6.97. The Bertz CT molecular complexity index is 1430. The number of benzene rings is 3. The number of hydrogen-bond donors (Lipinski definition) is 1. The molecule has 158 valence electrons. The van der Waals surface area contributed by atoms with E-state index in [-0.39, 0.29) is 5.91 Å². The van der Waals surface area contributed by atoms with Gasteiger partial charge in [0.1, 0.15) is 22.1 Å². The lowest BCUT2D eigenvalue weighted by Crippen LogP contribution is -2.11. The predicted octanol–water partition coefficient (Wildman–Crippen LogP) is 6.53. The third kappa shape index (κ3) is 3.95. The molecule has 6 nitrogen and oxygen atoms in total. The molecule has 0 radical (unpaired) electrons.